The summed E-state index contributed by atoms with van der Waals surface area (Å²) in [4.78, 5) is 11.0. The zero-order valence-electron chi connectivity index (χ0n) is 6.75. The van der Waals surface area contributed by atoms with Gasteiger partial charge >= 0.3 is 5.97 Å². The summed E-state index contributed by atoms with van der Waals surface area (Å²) in [5.74, 6) is 0.186. The maximum Gasteiger partial charge on any atom is 0.309 e. The predicted molar refractivity (Wildman–Crippen MR) is 39.9 cm³/mol. The second kappa shape index (κ2) is 3.72. The van der Waals surface area contributed by atoms with Gasteiger partial charge in [-0.05, 0) is 12.8 Å². The zero-order valence-corrected chi connectivity index (χ0v) is 6.75. The minimum absolute atomic E-state index is 0.0298. The SMILES string of the molecule is CC[C@@H]1C(=O)OC[C@@H]1CCO. The summed E-state index contributed by atoms with van der Waals surface area (Å²) >= 11 is 0. The molecule has 0 aromatic carbocycles. The second-order valence-corrected chi connectivity index (χ2v) is 2.92. The highest BCUT2D eigenvalue weighted by Crippen LogP contribution is 2.27. The van der Waals surface area contributed by atoms with Crippen molar-refractivity contribution < 1.29 is 14.6 Å². The smallest absolute Gasteiger partial charge is 0.309 e. The number of ether oxygens (including phenoxy) is 1. The van der Waals surface area contributed by atoms with Gasteiger partial charge in [0.25, 0.3) is 0 Å². The summed E-state index contributed by atoms with van der Waals surface area (Å²) in [6.07, 6.45) is 1.51. The molecule has 1 fully saturated rings. The molecule has 3 heteroatoms. The molecule has 0 radical (unpaired) electrons. The highest BCUT2D eigenvalue weighted by molar-refractivity contribution is 5.74. The Hall–Kier alpha value is -0.570. The lowest BCUT2D eigenvalue weighted by Crippen LogP contribution is -2.15. The average molecular weight is 158 g/mol. The highest BCUT2D eigenvalue weighted by atomic mass is 16.5. The Morgan fingerprint density at radius 1 is 1.73 bits per heavy atom. The van der Waals surface area contributed by atoms with E-state index in [4.69, 9.17) is 9.84 Å². The average Bonchev–Trinajstić information content (AvgIpc) is 2.33. The molecular formula is C8H14O3. The fourth-order valence-electron chi connectivity index (χ4n) is 1.56. The molecule has 1 N–H and O–H groups in total. The summed E-state index contributed by atoms with van der Waals surface area (Å²) in [7, 11) is 0. The van der Waals surface area contributed by atoms with Crippen molar-refractivity contribution in [3.63, 3.8) is 0 Å². The van der Waals surface area contributed by atoms with E-state index in [1.165, 1.54) is 0 Å². The van der Waals surface area contributed by atoms with Crippen molar-refractivity contribution in [1.82, 2.24) is 0 Å². The standard InChI is InChI=1S/C8H14O3/c1-2-7-6(3-4-9)5-11-8(7)10/h6-7,9H,2-5H2,1H3/t6-,7-/m0/s1. The Morgan fingerprint density at radius 3 is 3.00 bits per heavy atom. The van der Waals surface area contributed by atoms with Crippen molar-refractivity contribution in [3.05, 3.63) is 0 Å². The number of hydrogen-bond acceptors (Lipinski definition) is 3. The Balaban J connectivity index is 2.47. The van der Waals surface area contributed by atoms with E-state index in [0.29, 0.717) is 13.0 Å². The Morgan fingerprint density at radius 2 is 2.45 bits per heavy atom. The first-order valence-corrected chi connectivity index (χ1v) is 4.07. The number of carbonyl (C=O) groups is 1. The first-order chi connectivity index (χ1) is 5.29. The van der Waals surface area contributed by atoms with E-state index in [1.807, 2.05) is 6.92 Å². The molecule has 64 valence electrons. The zero-order chi connectivity index (χ0) is 8.27. The molecule has 0 aromatic rings. The second-order valence-electron chi connectivity index (χ2n) is 2.92. The molecule has 11 heavy (non-hydrogen) atoms. The van der Waals surface area contributed by atoms with Crippen LogP contribution in [0.1, 0.15) is 19.8 Å². The lowest BCUT2D eigenvalue weighted by atomic mass is 9.91. The van der Waals surface area contributed by atoms with Crippen molar-refractivity contribution in [2.45, 2.75) is 19.8 Å². The Kier molecular flexibility index (Phi) is 2.88. The predicted octanol–water partition coefficient (Wildman–Crippen LogP) is 0.568. The van der Waals surface area contributed by atoms with Crippen LogP contribution in [0.25, 0.3) is 0 Å². The number of rotatable bonds is 3. The normalized spacial score (nSPS) is 30.5. The first-order valence-electron chi connectivity index (χ1n) is 4.07. The van der Waals surface area contributed by atoms with Crippen LogP contribution in [-0.4, -0.2) is 24.3 Å². The van der Waals surface area contributed by atoms with E-state index in [0.717, 1.165) is 6.42 Å². The van der Waals surface area contributed by atoms with E-state index < -0.39 is 0 Å². The van der Waals surface area contributed by atoms with Gasteiger partial charge in [0, 0.05) is 12.5 Å². The number of aliphatic hydroxyl groups is 1. The number of esters is 1. The third-order valence-electron chi connectivity index (χ3n) is 2.25. The molecule has 0 aromatic heterocycles. The van der Waals surface area contributed by atoms with E-state index in [-0.39, 0.29) is 24.4 Å². The van der Waals surface area contributed by atoms with Gasteiger partial charge in [-0.25, -0.2) is 0 Å². The largest absolute Gasteiger partial charge is 0.465 e. The van der Waals surface area contributed by atoms with Crippen molar-refractivity contribution in [1.29, 1.82) is 0 Å². The Labute approximate surface area is 66.4 Å². The lowest BCUT2D eigenvalue weighted by molar-refractivity contribution is -0.141. The maximum atomic E-state index is 11.0. The van der Waals surface area contributed by atoms with E-state index in [9.17, 15) is 4.79 Å². The Bertz CT molecular complexity index is 144. The van der Waals surface area contributed by atoms with Crippen LogP contribution in [0.3, 0.4) is 0 Å². The summed E-state index contributed by atoms with van der Waals surface area (Å²) in [6, 6.07) is 0. The van der Waals surface area contributed by atoms with Crippen LogP contribution < -0.4 is 0 Å². The molecule has 0 aliphatic carbocycles. The van der Waals surface area contributed by atoms with E-state index >= 15 is 0 Å². The molecule has 2 atom stereocenters. The fraction of sp³-hybridized carbons (Fsp3) is 0.875. The summed E-state index contributed by atoms with van der Waals surface area (Å²) in [5, 5.41) is 8.66. The van der Waals surface area contributed by atoms with Gasteiger partial charge < -0.3 is 9.84 Å². The third kappa shape index (κ3) is 1.71. The van der Waals surface area contributed by atoms with Crippen molar-refractivity contribution in [2.24, 2.45) is 11.8 Å². The van der Waals surface area contributed by atoms with Gasteiger partial charge in [-0.1, -0.05) is 6.92 Å². The molecule has 0 bridgehead atoms. The van der Waals surface area contributed by atoms with Crippen LogP contribution in [0.2, 0.25) is 0 Å². The molecule has 3 nitrogen and oxygen atoms in total. The highest BCUT2D eigenvalue weighted by Gasteiger charge is 2.34. The van der Waals surface area contributed by atoms with Crippen LogP contribution in [0.15, 0.2) is 0 Å². The summed E-state index contributed by atoms with van der Waals surface area (Å²) in [6.45, 7) is 2.62. The van der Waals surface area contributed by atoms with Crippen molar-refractivity contribution in [2.75, 3.05) is 13.2 Å². The molecule has 1 rings (SSSR count). The number of carbonyl (C=O) groups excluding carboxylic acids is 1. The van der Waals surface area contributed by atoms with Crippen LogP contribution in [0.5, 0.6) is 0 Å². The minimum atomic E-state index is -0.0917. The number of hydrogen-bond donors (Lipinski definition) is 1. The van der Waals surface area contributed by atoms with Crippen LogP contribution >= 0.6 is 0 Å². The summed E-state index contributed by atoms with van der Waals surface area (Å²) < 4.78 is 4.87. The van der Waals surface area contributed by atoms with E-state index in [2.05, 4.69) is 0 Å². The monoisotopic (exact) mass is 158 g/mol. The lowest BCUT2D eigenvalue weighted by Gasteiger charge is -2.10. The quantitative estimate of drug-likeness (QED) is 0.611. The van der Waals surface area contributed by atoms with Gasteiger partial charge in [-0.2, -0.15) is 0 Å². The van der Waals surface area contributed by atoms with E-state index in [1.54, 1.807) is 0 Å². The van der Waals surface area contributed by atoms with Crippen LogP contribution in [0.4, 0.5) is 0 Å². The molecule has 1 heterocycles. The first kappa shape index (κ1) is 8.53. The molecule has 0 saturated carbocycles. The fourth-order valence-corrected chi connectivity index (χ4v) is 1.56. The van der Waals surface area contributed by atoms with Gasteiger partial charge in [0.2, 0.25) is 0 Å². The van der Waals surface area contributed by atoms with Crippen LogP contribution in [-0.2, 0) is 9.53 Å². The molecule has 0 unspecified atom stereocenters. The van der Waals surface area contributed by atoms with Gasteiger partial charge in [0.15, 0.2) is 0 Å². The van der Waals surface area contributed by atoms with Gasteiger partial charge in [0.05, 0.1) is 12.5 Å². The molecule has 1 aliphatic heterocycles. The molecule has 1 saturated heterocycles. The molecule has 0 amide bonds. The topological polar surface area (TPSA) is 46.5 Å². The van der Waals surface area contributed by atoms with Gasteiger partial charge in [0.1, 0.15) is 0 Å². The molecule has 1 aliphatic rings. The van der Waals surface area contributed by atoms with Crippen molar-refractivity contribution in [3.8, 4) is 0 Å². The van der Waals surface area contributed by atoms with Crippen LogP contribution in [0, 0.1) is 11.8 Å². The van der Waals surface area contributed by atoms with Crippen molar-refractivity contribution >= 4 is 5.97 Å². The number of cyclic esters (lactones) is 1. The third-order valence-corrected chi connectivity index (χ3v) is 2.25. The molecule has 0 spiro atoms. The van der Waals surface area contributed by atoms with Gasteiger partial charge in [-0.15, -0.1) is 0 Å². The minimum Gasteiger partial charge on any atom is -0.465 e. The number of aliphatic hydroxyl groups excluding tert-OH is 1. The maximum absolute atomic E-state index is 11.0. The molecular weight excluding hydrogens is 144 g/mol. The van der Waals surface area contributed by atoms with Gasteiger partial charge in [-0.3, -0.25) is 4.79 Å². The summed E-state index contributed by atoms with van der Waals surface area (Å²) in [5.41, 5.74) is 0.